The molecular weight excluding hydrogens is 126 g/mol. The first kappa shape index (κ1) is 23.4. The standard InChI is InChI=1S/Ca.K.Mg.Na/q+2;+1;+2;+1. The first-order valence-corrected chi connectivity index (χ1v) is 0. The minimum atomic E-state index is 0. The summed E-state index contributed by atoms with van der Waals surface area (Å²) < 4.78 is 0. The SMILES string of the molecule is [Ca+2].[K+].[Mg+2].[Na+]. The maximum Gasteiger partial charge on any atom is 2.00 e. The normalized spacial score (nSPS) is 0. The second-order valence-corrected chi connectivity index (χ2v) is 0. The molecule has 0 saturated carbocycles. The van der Waals surface area contributed by atoms with E-state index < -0.39 is 0 Å². The molecule has 0 unspecified atom stereocenters. The summed E-state index contributed by atoms with van der Waals surface area (Å²) in [4.78, 5) is 0. The fourth-order valence-corrected chi connectivity index (χ4v) is 0. The van der Waals surface area contributed by atoms with Crippen LogP contribution in [0.25, 0.3) is 0 Å². The van der Waals surface area contributed by atoms with Crippen molar-refractivity contribution in [2.24, 2.45) is 0 Å². The van der Waals surface area contributed by atoms with Gasteiger partial charge in [-0.25, -0.2) is 0 Å². The summed E-state index contributed by atoms with van der Waals surface area (Å²) in [5.74, 6) is 0. The van der Waals surface area contributed by atoms with Crippen LogP contribution in [0.5, 0.6) is 0 Å². The van der Waals surface area contributed by atoms with Gasteiger partial charge in [0.15, 0.2) is 0 Å². The zero-order valence-electron chi connectivity index (χ0n) is 3.41. The van der Waals surface area contributed by atoms with E-state index in [1.165, 1.54) is 0 Å². The smallest absolute Gasteiger partial charge is 1.00 e. The first-order chi connectivity index (χ1) is 0. The third-order valence-electron chi connectivity index (χ3n) is 0. The summed E-state index contributed by atoms with van der Waals surface area (Å²) in [6.45, 7) is 0. The molecule has 0 amide bonds. The van der Waals surface area contributed by atoms with E-state index in [0.717, 1.165) is 0 Å². The van der Waals surface area contributed by atoms with Crippen LogP contribution in [0.1, 0.15) is 0 Å². The van der Waals surface area contributed by atoms with Crippen LogP contribution in [0, 0.1) is 0 Å². The molecule has 0 aliphatic rings. The minimum absolute atomic E-state index is 0. The van der Waals surface area contributed by atoms with Gasteiger partial charge in [0.25, 0.3) is 0 Å². The van der Waals surface area contributed by atoms with Crippen molar-refractivity contribution in [3.05, 3.63) is 0 Å². The van der Waals surface area contributed by atoms with Crippen molar-refractivity contribution in [2.45, 2.75) is 0 Å². The van der Waals surface area contributed by atoms with Crippen LogP contribution in [0.3, 0.4) is 0 Å². The van der Waals surface area contributed by atoms with Gasteiger partial charge in [0.1, 0.15) is 0 Å². The molecule has 0 nitrogen and oxygen atoms in total. The Balaban J connectivity index is 0. The molecule has 0 aromatic carbocycles. The molecule has 0 bridgehead atoms. The number of hydrogen-bond acceptors (Lipinski definition) is 0. The predicted molar refractivity (Wildman–Crippen MR) is 11.5 cm³/mol. The van der Waals surface area contributed by atoms with E-state index >= 15 is 0 Å². The molecule has 0 saturated heterocycles. The summed E-state index contributed by atoms with van der Waals surface area (Å²) in [6.07, 6.45) is 0. The number of rotatable bonds is 0. The van der Waals surface area contributed by atoms with Gasteiger partial charge in [-0.1, -0.05) is 0 Å². The van der Waals surface area contributed by atoms with Gasteiger partial charge in [0, 0.05) is 0 Å². The molecule has 0 aliphatic carbocycles. The van der Waals surface area contributed by atoms with Gasteiger partial charge in [-0.05, 0) is 0 Å². The Kier molecular flexibility index (Phi) is 91.5. The van der Waals surface area contributed by atoms with Gasteiger partial charge < -0.3 is 0 Å². The van der Waals surface area contributed by atoms with E-state index in [-0.39, 0.29) is 142 Å². The van der Waals surface area contributed by atoms with E-state index in [2.05, 4.69) is 0 Å². The summed E-state index contributed by atoms with van der Waals surface area (Å²) in [7, 11) is 0. The zero-order chi connectivity index (χ0) is 0. The predicted octanol–water partition coefficient (Wildman–Crippen LogP) is -6.75. The monoisotopic (exact) mass is 126 g/mol. The van der Waals surface area contributed by atoms with Gasteiger partial charge in [0.05, 0.1) is 0 Å². The average molecular weight is 126 g/mol. The number of hydrogen-bond donors (Lipinski definition) is 0. The quantitative estimate of drug-likeness (QED) is 0.283. The Labute approximate surface area is 137 Å². The van der Waals surface area contributed by atoms with Crippen LogP contribution in [-0.2, 0) is 0 Å². The second kappa shape index (κ2) is 15.6. The van der Waals surface area contributed by atoms with E-state index in [0.29, 0.717) is 0 Å². The molecule has 0 fully saturated rings. The van der Waals surface area contributed by atoms with Gasteiger partial charge in [-0.15, -0.1) is 0 Å². The Hall–Kier alpha value is 4.66. The fraction of sp³-hybridized carbons (Fsp3) is 0. The Morgan fingerprint density at radius 1 is 1.00 bits per heavy atom. The zero-order valence-corrected chi connectivity index (χ0v) is 12.2. The molecule has 0 aromatic rings. The van der Waals surface area contributed by atoms with Gasteiger partial charge in [0.2, 0.25) is 0 Å². The Morgan fingerprint density at radius 2 is 1.00 bits per heavy atom. The third kappa shape index (κ3) is 9.83. The summed E-state index contributed by atoms with van der Waals surface area (Å²) in [5, 5.41) is 0. The molecule has 0 N–H and O–H groups in total. The largest absolute Gasteiger partial charge is 2.00 e. The molecule has 4 heavy (non-hydrogen) atoms. The molecule has 0 heterocycles. The van der Waals surface area contributed by atoms with E-state index in [4.69, 9.17) is 0 Å². The second-order valence-electron chi connectivity index (χ2n) is 0. The maximum atomic E-state index is 0. The van der Waals surface area contributed by atoms with Crippen molar-refractivity contribution in [3.63, 3.8) is 0 Å². The Morgan fingerprint density at radius 3 is 1.00 bits per heavy atom. The van der Waals surface area contributed by atoms with Crippen molar-refractivity contribution in [2.75, 3.05) is 0 Å². The minimum Gasteiger partial charge on any atom is 1.00 e. The van der Waals surface area contributed by atoms with Crippen LogP contribution in [0.4, 0.5) is 0 Å². The molecule has 0 aliphatic heterocycles. The molecule has 0 rings (SSSR count). The van der Waals surface area contributed by atoms with Gasteiger partial charge in [-0.2, -0.15) is 0 Å². The third-order valence-corrected chi connectivity index (χ3v) is 0. The molecule has 0 radical (unpaired) electrons. The summed E-state index contributed by atoms with van der Waals surface area (Å²) >= 11 is 0. The first-order valence-electron chi connectivity index (χ1n) is 0. The van der Waals surface area contributed by atoms with Crippen LogP contribution in [0.2, 0.25) is 0 Å². The van der Waals surface area contributed by atoms with Crippen molar-refractivity contribution in [1.82, 2.24) is 0 Å². The van der Waals surface area contributed by atoms with Crippen molar-refractivity contribution in [3.8, 4) is 0 Å². The molecule has 0 valence electrons. The Bertz CT molecular complexity index is 8.00. The van der Waals surface area contributed by atoms with E-state index in [1.807, 2.05) is 0 Å². The van der Waals surface area contributed by atoms with Gasteiger partial charge >= 0.3 is 142 Å². The molecule has 0 spiro atoms. The molecule has 0 atom stereocenters. The van der Waals surface area contributed by atoms with Crippen LogP contribution in [0.15, 0.2) is 0 Å². The topological polar surface area (TPSA) is 0 Å². The fourth-order valence-electron chi connectivity index (χ4n) is 0. The van der Waals surface area contributed by atoms with Crippen LogP contribution >= 0.6 is 0 Å². The van der Waals surface area contributed by atoms with Crippen LogP contribution in [-0.4, -0.2) is 60.8 Å². The average Bonchev–Trinajstić information content (AvgIpc) is 0. The van der Waals surface area contributed by atoms with E-state index in [9.17, 15) is 0 Å². The summed E-state index contributed by atoms with van der Waals surface area (Å²) in [5.41, 5.74) is 0. The molecule has 4 heteroatoms. The van der Waals surface area contributed by atoms with Crippen molar-refractivity contribution in [1.29, 1.82) is 0 Å². The molecular formula is CaKMgNa+6. The van der Waals surface area contributed by atoms with E-state index in [1.54, 1.807) is 0 Å². The maximum absolute atomic E-state index is 0. The van der Waals surface area contributed by atoms with Crippen LogP contribution < -0.4 is 80.9 Å². The van der Waals surface area contributed by atoms with Gasteiger partial charge in [-0.3, -0.25) is 0 Å². The molecule has 0 aromatic heterocycles. The van der Waals surface area contributed by atoms with Crippen molar-refractivity contribution >= 4 is 60.8 Å². The summed E-state index contributed by atoms with van der Waals surface area (Å²) in [6, 6.07) is 0. The van der Waals surface area contributed by atoms with Crippen molar-refractivity contribution < 1.29 is 80.9 Å².